The van der Waals surface area contributed by atoms with E-state index in [2.05, 4.69) is 59.5 Å². The molecule has 0 atom stereocenters. The Labute approximate surface area is 180 Å². The van der Waals surface area contributed by atoms with Crippen molar-refractivity contribution in [1.82, 2.24) is 9.97 Å². The SMILES string of the molecule is C/C(=C\c1ncnc(NCCc2ccc(C)cc2)c1C)c1cccc(CO)c1.CC. The summed E-state index contributed by atoms with van der Waals surface area (Å²) < 4.78 is 0. The molecule has 1 aromatic heterocycles. The van der Waals surface area contributed by atoms with Crippen LogP contribution in [0.3, 0.4) is 0 Å². The molecule has 0 spiro atoms. The largest absolute Gasteiger partial charge is 0.392 e. The molecular formula is C26H33N3O. The Balaban J connectivity index is 0.00000155. The minimum Gasteiger partial charge on any atom is -0.392 e. The lowest BCUT2D eigenvalue weighted by Crippen LogP contribution is -2.09. The molecule has 30 heavy (non-hydrogen) atoms. The van der Waals surface area contributed by atoms with Crippen molar-refractivity contribution in [3.63, 3.8) is 0 Å². The second-order valence-electron chi connectivity index (χ2n) is 7.08. The molecule has 0 aliphatic rings. The molecule has 0 aliphatic heterocycles. The molecule has 0 radical (unpaired) electrons. The highest BCUT2D eigenvalue weighted by atomic mass is 16.3. The van der Waals surface area contributed by atoms with Crippen LogP contribution in [0.2, 0.25) is 0 Å². The molecule has 0 bridgehead atoms. The van der Waals surface area contributed by atoms with E-state index in [0.29, 0.717) is 0 Å². The number of hydrogen-bond donors (Lipinski definition) is 2. The molecule has 0 aliphatic carbocycles. The lowest BCUT2D eigenvalue weighted by atomic mass is 10.0. The molecule has 2 aromatic carbocycles. The Morgan fingerprint density at radius 1 is 1.00 bits per heavy atom. The van der Waals surface area contributed by atoms with E-state index in [9.17, 15) is 5.11 Å². The molecule has 158 valence electrons. The summed E-state index contributed by atoms with van der Waals surface area (Å²) in [5, 5.41) is 12.8. The molecule has 0 fully saturated rings. The fourth-order valence-electron chi connectivity index (χ4n) is 3.07. The second-order valence-corrected chi connectivity index (χ2v) is 7.08. The second kappa shape index (κ2) is 11.9. The van der Waals surface area contributed by atoms with E-state index in [1.54, 1.807) is 6.33 Å². The van der Waals surface area contributed by atoms with Gasteiger partial charge in [0.05, 0.1) is 12.3 Å². The molecule has 0 unspecified atom stereocenters. The standard InChI is InChI=1S/C24H27N3O.C2H6/c1-17-7-9-20(10-8-17)11-12-25-24-19(3)23(26-16-27-24)13-18(2)22-6-4-5-21(14-22)15-28;1-2/h4-10,13-14,16,28H,11-12,15H2,1-3H3,(H,25,26,27);1-2H3/b18-13+;. The monoisotopic (exact) mass is 403 g/mol. The predicted molar refractivity (Wildman–Crippen MR) is 127 cm³/mol. The van der Waals surface area contributed by atoms with Gasteiger partial charge in [-0.2, -0.15) is 0 Å². The highest BCUT2D eigenvalue weighted by molar-refractivity contribution is 5.80. The zero-order chi connectivity index (χ0) is 21.9. The third-order valence-electron chi connectivity index (χ3n) is 4.87. The normalized spacial score (nSPS) is 10.9. The summed E-state index contributed by atoms with van der Waals surface area (Å²) in [7, 11) is 0. The number of rotatable bonds is 7. The first kappa shape index (κ1) is 23.3. The van der Waals surface area contributed by atoms with Crippen molar-refractivity contribution in [2.24, 2.45) is 0 Å². The Bertz CT molecular complexity index is 962. The van der Waals surface area contributed by atoms with Crippen molar-refractivity contribution in [3.8, 4) is 0 Å². The van der Waals surface area contributed by atoms with Crippen LogP contribution in [0, 0.1) is 13.8 Å². The van der Waals surface area contributed by atoms with Gasteiger partial charge in [0, 0.05) is 12.1 Å². The molecule has 3 aromatic rings. The molecule has 4 heteroatoms. The van der Waals surface area contributed by atoms with Crippen LogP contribution < -0.4 is 5.32 Å². The Morgan fingerprint density at radius 3 is 2.43 bits per heavy atom. The molecule has 4 nitrogen and oxygen atoms in total. The van der Waals surface area contributed by atoms with E-state index >= 15 is 0 Å². The summed E-state index contributed by atoms with van der Waals surface area (Å²) >= 11 is 0. The van der Waals surface area contributed by atoms with Gasteiger partial charge in [-0.05, 0) is 61.6 Å². The van der Waals surface area contributed by atoms with Crippen molar-refractivity contribution in [2.45, 2.75) is 47.6 Å². The molecule has 0 saturated heterocycles. The van der Waals surface area contributed by atoms with Crippen LogP contribution >= 0.6 is 0 Å². The number of aryl methyl sites for hydroxylation is 1. The number of aromatic nitrogens is 2. The van der Waals surface area contributed by atoms with Gasteiger partial charge in [-0.15, -0.1) is 0 Å². The van der Waals surface area contributed by atoms with E-state index in [0.717, 1.165) is 46.7 Å². The summed E-state index contributed by atoms with van der Waals surface area (Å²) in [5.41, 5.74) is 7.61. The Kier molecular flexibility index (Phi) is 9.23. The molecule has 1 heterocycles. The minimum atomic E-state index is 0.0444. The van der Waals surface area contributed by atoms with Gasteiger partial charge >= 0.3 is 0 Å². The molecular weight excluding hydrogens is 370 g/mol. The van der Waals surface area contributed by atoms with Gasteiger partial charge in [-0.3, -0.25) is 0 Å². The van der Waals surface area contributed by atoms with E-state index in [-0.39, 0.29) is 6.61 Å². The van der Waals surface area contributed by atoms with Crippen molar-refractivity contribution in [1.29, 1.82) is 0 Å². The molecule has 0 amide bonds. The minimum absolute atomic E-state index is 0.0444. The van der Waals surface area contributed by atoms with E-state index in [1.807, 2.05) is 45.0 Å². The fraction of sp³-hybridized carbons (Fsp3) is 0.308. The number of nitrogens with one attached hydrogen (secondary N) is 1. The number of nitrogens with zero attached hydrogens (tertiary/aromatic N) is 2. The number of hydrogen-bond acceptors (Lipinski definition) is 4. The predicted octanol–water partition coefficient (Wildman–Crippen LogP) is 5.83. The van der Waals surface area contributed by atoms with Crippen molar-refractivity contribution < 1.29 is 5.11 Å². The number of anilines is 1. The summed E-state index contributed by atoms with van der Waals surface area (Å²) in [6.07, 6.45) is 4.62. The summed E-state index contributed by atoms with van der Waals surface area (Å²) in [6, 6.07) is 16.5. The maximum absolute atomic E-state index is 9.34. The third-order valence-corrected chi connectivity index (χ3v) is 4.87. The number of benzene rings is 2. The molecule has 0 saturated carbocycles. The first-order valence-corrected chi connectivity index (χ1v) is 10.6. The van der Waals surface area contributed by atoms with Gasteiger partial charge in [-0.1, -0.05) is 61.9 Å². The van der Waals surface area contributed by atoms with Crippen LogP contribution in [0.25, 0.3) is 11.6 Å². The number of allylic oxidation sites excluding steroid dienone is 1. The van der Waals surface area contributed by atoms with Crippen LogP contribution in [-0.2, 0) is 13.0 Å². The Morgan fingerprint density at radius 2 is 1.73 bits per heavy atom. The maximum atomic E-state index is 9.34. The van der Waals surface area contributed by atoms with Crippen molar-refractivity contribution >= 4 is 17.5 Å². The van der Waals surface area contributed by atoms with Crippen molar-refractivity contribution in [2.75, 3.05) is 11.9 Å². The molecule has 3 rings (SSSR count). The summed E-state index contributed by atoms with van der Waals surface area (Å²) in [6.45, 7) is 11.1. The van der Waals surface area contributed by atoms with Crippen LogP contribution in [0.15, 0.2) is 54.9 Å². The zero-order valence-corrected chi connectivity index (χ0v) is 18.7. The average Bonchev–Trinajstić information content (AvgIpc) is 2.79. The molecule has 2 N–H and O–H groups in total. The maximum Gasteiger partial charge on any atom is 0.132 e. The van der Waals surface area contributed by atoms with E-state index in [4.69, 9.17) is 0 Å². The third kappa shape index (κ3) is 6.53. The number of aliphatic hydroxyl groups excluding tert-OH is 1. The van der Waals surface area contributed by atoms with Gasteiger partial charge in [0.2, 0.25) is 0 Å². The zero-order valence-electron chi connectivity index (χ0n) is 18.7. The van der Waals surface area contributed by atoms with Crippen LogP contribution in [-0.4, -0.2) is 21.6 Å². The summed E-state index contributed by atoms with van der Waals surface area (Å²) in [4.78, 5) is 8.85. The van der Waals surface area contributed by atoms with Crippen LogP contribution in [0.1, 0.15) is 54.3 Å². The average molecular weight is 404 g/mol. The van der Waals surface area contributed by atoms with E-state index < -0.39 is 0 Å². The quantitative estimate of drug-likeness (QED) is 0.521. The fourth-order valence-corrected chi connectivity index (χ4v) is 3.07. The number of aliphatic hydroxyl groups is 1. The lowest BCUT2D eigenvalue weighted by Gasteiger charge is -2.11. The van der Waals surface area contributed by atoms with Gasteiger partial charge in [0.15, 0.2) is 0 Å². The van der Waals surface area contributed by atoms with Gasteiger partial charge in [0.25, 0.3) is 0 Å². The highest BCUT2D eigenvalue weighted by Gasteiger charge is 2.06. The topological polar surface area (TPSA) is 58.0 Å². The lowest BCUT2D eigenvalue weighted by molar-refractivity contribution is 0.282. The van der Waals surface area contributed by atoms with Gasteiger partial charge in [0.1, 0.15) is 12.1 Å². The first-order valence-electron chi connectivity index (χ1n) is 10.6. The van der Waals surface area contributed by atoms with Gasteiger partial charge in [-0.25, -0.2) is 9.97 Å². The Hall–Kier alpha value is -2.98. The van der Waals surface area contributed by atoms with Crippen LogP contribution in [0.4, 0.5) is 5.82 Å². The van der Waals surface area contributed by atoms with E-state index in [1.165, 1.54) is 11.1 Å². The van der Waals surface area contributed by atoms with Crippen molar-refractivity contribution in [3.05, 3.63) is 88.4 Å². The summed E-state index contributed by atoms with van der Waals surface area (Å²) in [5.74, 6) is 0.866. The first-order chi connectivity index (χ1) is 14.6. The van der Waals surface area contributed by atoms with Gasteiger partial charge < -0.3 is 10.4 Å². The smallest absolute Gasteiger partial charge is 0.132 e. The van der Waals surface area contributed by atoms with Crippen LogP contribution in [0.5, 0.6) is 0 Å². The highest BCUT2D eigenvalue weighted by Crippen LogP contribution is 2.22.